The maximum absolute atomic E-state index is 14.6. The number of hydrogen-bond acceptors (Lipinski definition) is 3. The van der Waals surface area contributed by atoms with Gasteiger partial charge in [-0.1, -0.05) is 35.9 Å². The Hall–Kier alpha value is -1.53. The number of halogens is 3. The fourth-order valence-electron chi connectivity index (χ4n) is 3.91. The zero-order valence-corrected chi connectivity index (χ0v) is 16.1. The number of benzene rings is 2. The van der Waals surface area contributed by atoms with Crippen molar-refractivity contribution in [2.75, 3.05) is 6.61 Å². The second kappa shape index (κ2) is 8.07. The van der Waals surface area contributed by atoms with Crippen LogP contribution >= 0.6 is 11.6 Å². The third kappa shape index (κ3) is 4.08. The minimum atomic E-state index is -0.810. The van der Waals surface area contributed by atoms with Crippen molar-refractivity contribution in [3.05, 3.63) is 69.2 Å². The first-order valence-electron chi connectivity index (χ1n) is 9.65. The standard InChI is InChI=1S/C22H23ClF2O3/c23-19-6-4-13(20-10-16(27)9-17(11-26)28-20)7-15(19)8-14-3-5-18(12-1-2-12)22(25)21(14)24/h3-7,12,16-17,20,26-27H,1-2,8-11H2/t16-,17-,20+/m0/s1. The molecule has 0 spiro atoms. The lowest BCUT2D eigenvalue weighted by Crippen LogP contribution is -2.33. The molecule has 2 fully saturated rings. The Morgan fingerprint density at radius 1 is 1.04 bits per heavy atom. The van der Waals surface area contributed by atoms with Crippen molar-refractivity contribution >= 4 is 11.6 Å². The van der Waals surface area contributed by atoms with Crippen LogP contribution in [0.1, 0.15) is 60.0 Å². The molecular formula is C22H23ClF2O3. The lowest BCUT2D eigenvalue weighted by atomic mass is 9.93. The molecule has 1 aliphatic carbocycles. The molecule has 0 aromatic heterocycles. The van der Waals surface area contributed by atoms with Gasteiger partial charge in [0.1, 0.15) is 0 Å². The van der Waals surface area contributed by atoms with Crippen LogP contribution in [0.5, 0.6) is 0 Å². The third-order valence-corrected chi connectivity index (χ3v) is 5.98. The van der Waals surface area contributed by atoms with Gasteiger partial charge in [-0.15, -0.1) is 0 Å². The van der Waals surface area contributed by atoms with Crippen LogP contribution in [0, 0.1) is 11.6 Å². The summed E-state index contributed by atoms with van der Waals surface area (Å²) >= 11 is 6.31. The van der Waals surface area contributed by atoms with Gasteiger partial charge in [-0.2, -0.15) is 0 Å². The average Bonchev–Trinajstić information content (AvgIpc) is 3.51. The van der Waals surface area contributed by atoms with Crippen molar-refractivity contribution in [2.24, 2.45) is 0 Å². The highest BCUT2D eigenvalue weighted by atomic mass is 35.5. The van der Waals surface area contributed by atoms with Crippen LogP contribution in [0.3, 0.4) is 0 Å². The lowest BCUT2D eigenvalue weighted by molar-refractivity contribution is -0.113. The minimum Gasteiger partial charge on any atom is -0.394 e. The Morgan fingerprint density at radius 3 is 2.54 bits per heavy atom. The van der Waals surface area contributed by atoms with Gasteiger partial charge in [0.2, 0.25) is 0 Å². The normalized spacial score (nSPS) is 25.1. The maximum Gasteiger partial charge on any atom is 0.162 e. The number of hydrogen-bond donors (Lipinski definition) is 2. The summed E-state index contributed by atoms with van der Waals surface area (Å²) in [4.78, 5) is 0. The Morgan fingerprint density at radius 2 is 1.82 bits per heavy atom. The first-order chi connectivity index (χ1) is 13.5. The number of rotatable bonds is 5. The molecule has 0 radical (unpaired) electrons. The topological polar surface area (TPSA) is 49.7 Å². The molecule has 2 aliphatic rings. The Kier molecular flexibility index (Phi) is 5.70. The van der Waals surface area contributed by atoms with Crippen molar-refractivity contribution in [3.8, 4) is 0 Å². The summed E-state index contributed by atoms with van der Waals surface area (Å²) < 4.78 is 34.8. The molecule has 3 atom stereocenters. The maximum atomic E-state index is 14.6. The van der Waals surface area contributed by atoms with E-state index in [1.165, 1.54) is 0 Å². The molecule has 3 nitrogen and oxygen atoms in total. The quantitative estimate of drug-likeness (QED) is 0.756. The van der Waals surface area contributed by atoms with Crippen LogP contribution in [0.2, 0.25) is 5.02 Å². The Bertz CT molecular complexity index is 869. The van der Waals surface area contributed by atoms with E-state index < -0.39 is 23.8 Å². The van der Waals surface area contributed by atoms with Crippen LogP contribution < -0.4 is 0 Å². The molecule has 6 heteroatoms. The molecule has 1 aliphatic heterocycles. The van der Waals surface area contributed by atoms with Crippen LogP contribution in [0.15, 0.2) is 30.3 Å². The summed E-state index contributed by atoms with van der Waals surface area (Å²) in [5, 5.41) is 19.9. The smallest absolute Gasteiger partial charge is 0.162 e. The van der Waals surface area contributed by atoms with E-state index >= 15 is 0 Å². The molecule has 2 N–H and O–H groups in total. The zero-order valence-electron chi connectivity index (χ0n) is 15.4. The first kappa shape index (κ1) is 19.8. The number of aliphatic hydroxyl groups excluding tert-OH is 2. The fraction of sp³-hybridized carbons (Fsp3) is 0.455. The van der Waals surface area contributed by atoms with Gasteiger partial charge in [0, 0.05) is 24.3 Å². The van der Waals surface area contributed by atoms with Crippen LogP contribution in [-0.4, -0.2) is 29.0 Å². The van der Waals surface area contributed by atoms with E-state index in [9.17, 15) is 19.0 Å². The van der Waals surface area contributed by atoms with Crippen LogP contribution in [-0.2, 0) is 11.2 Å². The predicted octanol–water partition coefficient (Wildman–Crippen LogP) is 4.66. The predicted molar refractivity (Wildman–Crippen MR) is 103 cm³/mol. The summed E-state index contributed by atoms with van der Waals surface area (Å²) in [6.45, 7) is -0.161. The SMILES string of the molecule is OC[C@@H]1C[C@H](O)C[C@H](c2ccc(Cl)c(Cc3ccc(C4CC4)c(F)c3F)c2)O1. The molecule has 1 saturated carbocycles. The second-order valence-electron chi connectivity index (χ2n) is 7.80. The van der Waals surface area contributed by atoms with Gasteiger partial charge in [0.25, 0.3) is 0 Å². The van der Waals surface area contributed by atoms with Crippen LogP contribution in [0.4, 0.5) is 8.78 Å². The van der Waals surface area contributed by atoms with E-state index in [1.54, 1.807) is 24.3 Å². The fourth-order valence-corrected chi connectivity index (χ4v) is 4.09. The summed E-state index contributed by atoms with van der Waals surface area (Å²) in [6, 6.07) is 8.63. The molecule has 0 unspecified atom stereocenters. The van der Waals surface area contributed by atoms with E-state index in [0.717, 1.165) is 18.4 Å². The van der Waals surface area contributed by atoms with Gasteiger partial charge in [0.15, 0.2) is 11.6 Å². The number of ether oxygens (including phenoxy) is 1. The molecule has 28 heavy (non-hydrogen) atoms. The van der Waals surface area contributed by atoms with E-state index in [0.29, 0.717) is 29.0 Å². The highest BCUT2D eigenvalue weighted by molar-refractivity contribution is 6.31. The van der Waals surface area contributed by atoms with Gasteiger partial charge in [-0.3, -0.25) is 0 Å². The highest BCUT2D eigenvalue weighted by Crippen LogP contribution is 2.42. The number of aliphatic hydroxyl groups is 2. The highest BCUT2D eigenvalue weighted by Gasteiger charge is 2.30. The monoisotopic (exact) mass is 408 g/mol. The lowest BCUT2D eigenvalue weighted by Gasteiger charge is -2.32. The summed E-state index contributed by atoms with van der Waals surface area (Å²) in [5.41, 5.74) is 2.19. The van der Waals surface area contributed by atoms with E-state index in [1.807, 2.05) is 6.07 Å². The second-order valence-corrected chi connectivity index (χ2v) is 8.21. The van der Waals surface area contributed by atoms with Crippen molar-refractivity contribution < 1.29 is 23.7 Å². The van der Waals surface area contributed by atoms with Crippen LogP contribution in [0.25, 0.3) is 0 Å². The molecular weight excluding hydrogens is 386 g/mol. The van der Waals surface area contributed by atoms with Crippen molar-refractivity contribution in [1.82, 2.24) is 0 Å². The van der Waals surface area contributed by atoms with Crippen molar-refractivity contribution in [3.63, 3.8) is 0 Å². The van der Waals surface area contributed by atoms with E-state index in [2.05, 4.69) is 0 Å². The molecule has 1 heterocycles. The first-order valence-corrected chi connectivity index (χ1v) is 10.0. The molecule has 4 rings (SSSR count). The average molecular weight is 409 g/mol. The van der Waals surface area contributed by atoms with E-state index in [-0.39, 0.29) is 30.6 Å². The zero-order chi connectivity index (χ0) is 19.8. The Labute approximate surface area is 167 Å². The van der Waals surface area contributed by atoms with Gasteiger partial charge in [-0.25, -0.2) is 8.78 Å². The third-order valence-electron chi connectivity index (χ3n) is 5.61. The van der Waals surface area contributed by atoms with Gasteiger partial charge >= 0.3 is 0 Å². The summed E-state index contributed by atoms with van der Waals surface area (Å²) in [5.74, 6) is -1.42. The largest absolute Gasteiger partial charge is 0.394 e. The summed E-state index contributed by atoms with van der Waals surface area (Å²) in [6.07, 6.45) is 1.43. The van der Waals surface area contributed by atoms with E-state index in [4.69, 9.17) is 16.3 Å². The molecule has 150 valence electrons. The molecule has 1 saturated heterocycles. The molecule has 2 aromatic rings. The minimum absolute atomic E-state index is 0.143. The van der Waals surface area contributed by atoms with Crippen molar-refractivity contribution in [2.45, 2.75) is 56.3 Å². The van der Waals surface area contributed by atoms with Gasteiger partial charge in [0.05, 0.1) is 24.9 Å². The molecule has 2 aromatic carbocycles. The van der Waals surface area contributed by atoms with Crippen molar-refractivity contribution in [1.29, 1.82) is 0 Å². The Balaban J connectivity index is 1.59. The summed E-state index contributed by atoms with van der Waals surface area (Å²) in [7, 11) is 0. The van der Waals surface area contributed by atoms with Gasteiger partial charge < -0.3 is 14.9 Å². The van der Waals surface area contributed by atoms with Gasteiger partial charge in [-0.05, 0) is 47.1 Å². The molecule has 0 amide bonds. The molecule has 0 bridgehead atoms.